The summed E-state index contributed by atoms with van der Waals surface area (Å²) < 4.78 is 0. The van der Waals surface area contributed by atoms with Crippen LogP contribution >= 0.6 is 0 Å². The SMILES string of the molecule is CC(O)c1ccc(NC(=O)NC2CCC(C)(C)C2)cc1. The number of hydrogen-bond acceptors (Lipinski definition) is 2. The Morgan fingerprint density at radius 1 is 1.35 bits per heavy atom. The van der Waals surface area contributed by atoms with Crippen molar-refractivity contribution in [3.8, 4) is 0 Å². The number of aliphatic hydroxyl groups excluding tert-OH is 1. The zero-order valence-corrected chi connectivity index (χ0v) is 12.4. The first-order valence-corrected chi connectivity index (χ1v) is 7.21. The molecule has 4 heteroatoms. The van der Waals surface area contributed by atoms with Gasteiger partial charge in [0.1, 0.15) is 0 Å². The molecule has 2 atom stereocenters. The van der Waals surface area contributed by atoms with E-state index in [1.807, 2.05) is 12.1 Å². The van der Waals surface area contributed by atoms with Gasteiger partial charge in [-0.2, -0.15) is 0 Å². The lowest BCUT2D eigenvalue weighted by Crippen LogP contribution is -2.36. The van der Waals surface area contributed by atoms with E-state index in [0.717, 1.165) is 30.5 Å². The lowest BCUT2D eigenvalue weighted by atomic mass is 9.92. The average Bonchev–Trinajstić information content (AvgIpc) is 2.69. The summed E-state index contributed by atoms with van der Waals surface area (Å²) in [6.07, 6.45) is 2.74. The van der Waals surface area contributed by atoms with Crippen molar-refractivity contribution in [3.05, 3.63) is 29.8 Å². The summed E-state index contributed by atoms with van der Waals surface area (Å²) in [6, 6.07) is 7.36. The van der Waals surface area contributed by atoms with Gasteiger partial charge in [-0.3, -0.25) is 0 Å². The zero-order valence-electron chi connectivity index (χ0n) is 12.4. The van der Waals surface area contributed by atoms with Gasteiger partial charge in [-0.05, 0) is 49.3 Å². The molecule has 1 saturated carbocycles. The third-order valence-electron chi connectivity index (χ3n) is 3.95. The second kappa shape index (κ2) is 5.83. The summed E-state index contributed by atoms with van der Waals surface area (Å²) in [7, 11) is 0. The minimum absolute atomic E-state index is 0.155. The highest BCUT2D eigenvalue weighted by Crippen LogP contribution is 2.36. The Morgan fingerprint density at radius 3 is 2.50 bits per heavy atom. The molecular formula is C16H24N2O2. The van der Waals surface area contributed by atoms with Crippen LogP contribution in [0.25, 0.3) is 0 Å². The van der Waals surface area contributed by atoms with Crippen LogP contribution in [0.1, 0.15) is 51.7 Å². The number of aliphatic hydroxyl groups is 1. The van der Waals surface area contributed by atoms with Gasteiger partial charge < -0.3 is 15.7 Å². The van der Waals surface area contributed by atoms with Crippen LogP contribution in [0.4, 0.5) is 10.5 Å². The van der Waals surface area contributed by atoms with Gasteiger partial charge in [0, 0.05) is 11.7 Å². The highest BCUT2D eigenvalue weighted by molar-refractivity contribution is 5.89. The molecule has 20 heavy (non-hydrogen) atoms. The number of urea groups is 1. The van der Waals surface area contributed by atoms with Gasteiger partial charge in [0.15, 0.2) is 0 Å². The Morgan fingerprint density at radius 2 is 2.00 bits per heavy atom. The minimum Gasteiger partial charge on any atom is -0.389 e. The molecule has 4 nitrogen and oxygen atoms in total. The quantitative estimate of drug-likeness (QED) is 0.792. The van der Waals surface area contributed by atoms with E-state index in [9.17, 15) is 9.90 Å². The Hall–Kier alpha value is -1.55. The maximum absolute atomic E-state index is 11.9. The second-order valence-corrected chi connectivity index (χ2v) is 6.50. The van der Waals surface area contributed by atoms with Crippen LogP contribution in [-0.4, -0.2) is 17.2 Å². The fourth-order valence-electron chi connectivity index (χ4n) is 2.76. The van der Waals surface area contributed by atoms with Crippen LogP contribution in [0.15, 0.2) is 24.3 Å². The molecular weight excluding hydrogens is 252 g/mol. The van der Waals surface area contributed by atoms with Crippen molar-refractivity contribution in [1.29, 1.82) is 0 Å². The maximum Gasteiger partial charge on any atom is 0.319 e. The summed E-state index contributed by atoms with van der Waals surface area (Å²) in [5.74, 6) is 0. The van der Waals surface area contributed by atoms with Crippen molar-refractivity contribution in [3.63, 3.8) is 0 Å². The normalized spacial score (nSPS) is 22.3. The van der Waals surface area contributed by atoms with Gasteiger partial charge in [-0.15, -0.1) is 0 Å². The van der Waals surface area contributed by atoms with E-state index >= 15 is 0 Å². The molecule has 0 spiro atoms. The Balaban J connectivity index is 1.85. The summed E-state index contributed by atoms with van der Waals surface area (Å²) in [6.45, 7) is 6.19. The van der Waals surface area contributed by atoms with Gasteiger partial charge in [0.25, 0.3) is 0 Å². The molecule has 2 unspecified atom stereocenters. The largest absolute Gasteiger partial charge is 0.389 e. The van der Waals surface area contributed by atoms with E-state index in [2.05, 4.69) is 24.5 Å². The van der Waals surface area contributed by atoms with E-state index in [4.69, 9.17) is 0 Å². The van der Waals surface area contributed by atoms with Crippen LogP contribution < -0.4 is 10.6 Å². The van der Waals surface area contributed by atoms with Crippen molar-refractivity contribution in [2.24, 2.45) is 5.41 Å². The van der Waals surface area contributed by atoms with Crippen molar-refractivity contribution in [2.45, 2.75) is 52.2 Å². The van der Waals surface area contributed by atoms with Crippen LogP contribution in [0.5, 0.6) is 0 Å². The van der Waals surface area contributed by atoms with Crippen LogP contribution in [0.2, 0.25) is 0 Å². The fraction of sp³-hybridized carbons (Fsp3) is 0.562. The van der Waals surface area contributed by atoms with Gasteiger partial charge in [-0.25, -0.2) is 4.79 Å². The number of benzene rings is 1. The third-order valence-corrected chi connectivity index (χ3v) is 3.95. The molecule has 0 saturated heterocycles. The van der Waals surface area contributed by atoms with E-state index in [1.54, 1.807) is 19.1 Å². The van der Waals surface area contributed by atoms with E-state index in [-0.39, 0.29) is 12.1 Å². The standard InChI is InChI=1S/C16H24N2O2/c1-11(19)12-4-6-13(7-5-12)17-15(20)18-14-8-9-16(2,3)10-14/h4-7,11,14,19H,8-10H2,1-3H3,(H2,17,18,20). The zero-order chi connectivity index (χ0) is 14.8. The van der Waals surface area contributed by atoms with Gasteiger partial charge in [0.2, 0.25) is 0 Å². The molecule has 0 aromatic heterocycles. The number of nitrogens with one attached hydrogen (secondary N) is 2. The van der Waals surface area contributed by atoms with Crippen molar-refractivity contribution in [2.75, 3.05) is 5.32 Å². The maximum atomic E-state index is 11.9. The molecule has 0 heterocycles. The molecule has 1 aliphatic carbocycles. The molecule has 2 amide bonds. The van der Waals surface area contributed by atoms with Crippen LogP contribution in [-0.2, 0) is 0 Å². The summed E-state index contributed by atoms with van der Waals surface area (Å²) in [5, 5.41) is 15.3. The van der Waals surface area contributed by atoms with Gasteiger partial charge in [0.05, 0.1) is 6.10 Å². The molecule has 1 aliphatic rings. The number of amides is 2. The molecule has 1 aromatic carbocycles. The van der Waals surface area contributed by atoms with Gasteiger partial charge in [-0.1, -0.05) is 26.0 Å². The predicted molar refractivity (Wildman–Crippen MR) is 80.7 cm³/mol. The summed E-state index contributed by atoms with van der Waals surface area (Å²) >= 11 is 0. The molecule has 3 N–H and O–H groups in total. The predicted octanol–water partition coefficient (Wildman–Crippen LogP) is 3.44. The third kappa shape index (κ3) is 3.97. The summed E-state index contributed by atoms with van der Waals surface area (Å²) in [5.41, 5.74) is 1.91. The lowest BCUT2D eigenvalue weighted by Gasteiger charge is -2.18. The molecule has 1 aromatic rings. The van der Waals surface area contributed by atoms with Crippen molar-refractivity contribution >= 4 is 11.7 Å². The molecule has 2 rings (SSSR count). The molecule has 0 bridgehead atoms. The Labute approximate surface area is 120 Å². The Bertz CT molecular complexity index is 466. The van der Waals surface area contributed by atoms with E-state index in [0.29, 0.717) is 5.41 Å². The van der Waals surface area contributed by atoms with Crippen LogP contribution in [0.3, 0.4) is 0 Å². The highest BCUT2D eigenvalue weighted by Gasteiger charge is 2.31. The number of anilines is 1. The highest BCUT2D eigenvalue weighted by atomic mass is 16.3. The Kier molecular flexibility index (Phi) is 4.33. The van der Waals surface area contributed by atoms with Crippen molar-refractivity contribution in [1.82, 2.24) is 5.32 Å². The lowest BCUT2D eigenvalue weighted by molar-refractivity contribution is 0.199. The molecule has 0 radical (unpaired) electrons. The minimum atomic E-state index is -0.487. The van der Waals surface area contributed by atoms with E-state index in [1.165, 1.54) is 0 Å². The number of carbonyl (C=O) groups is 1. The number of rotatable bonds is 3. The second-order valence-electron chi connectivity index (χ2n) is 6.50. The fourth-order valence-corrected chi connectivity index (χ4v) is 2.76. The van der Waals surface area contributed by atoms with Crippen molar-refractivity contribution < 1.29 is 9.90 Å². The van der Waals surface area contributed by atoms with E-state index < -0.39 is 6.10 Å². The summed E-state index contributed by atoms with van der Waals surface area (Å²) in [4.78, 5) is 11.9. The monoisotopic (exact) mass is 276 g/mol. The topological polar surface area (TPSA) is 61.4 Å². The molecule has 0 aliphatic heterocycles. The first kappa shape index (κ1) is 14.9. The first-order valence-electron chi connectivity index (χ1n) is 7.21. The number of carbonyl (C=O) groups excluding carboxylic acids is 1. The van der Waals surface area contributed by atoms with Gasteiger partial charge >= 0.3 is 6.03 Å². The number of hydrogen-bond donors (Lipinski definition) is 3. The first-order chi connectivity index (χ1) is 9.35. The molecule has 1 fully saturated rings. The average molecular weight is 276 g/mol. The molecule has 110 valence electrons. The smallest absolute Gasteiger partial charge is 0.319 e. The van der Waals surface area contributed by atoms with Crippen LogP contribution in [0, 0.1) is 5.41 Å².